The number of benzene rings is 1. The molecular formula is C12H15F2NO. The molecule has 4 heteroatoms. The van der Waals surface area contributed by atoms with Crippen molar-refractivity contribution in [3.8, 4) is 0 Å². The molecule has 2 rings (SSSR count). The van der Waals surface area contributed by atoms with Gasteiger partial charge in [0.1, 0.15) is 11.6 Å². The Morgan fingerprint density at radius 1 is 1.38 bits per heavy atom. The summed E-state index contributed by atoms with van der Waals surface area (Å²) in [6.07, 6.45) is 0.891. The van der Waals surface area contributed by atoms with Gasteiger partial charge in [-0.15, -0.1) is 0 Å². The number of aliphatic hydroxyl groups is 1. The Balaban J connectivity index is 2.28. The van der Waals surface area contributed by atoms with Crippen LogP contribution in [0.5, 0.6) is 0 Å². The van der Waals surface area contributed by atoms with E-state index in [0.29, 0.717) is 5.56 Å². The molecule has 0 aromatic heterocycles. The Labute approximate surface area is 93.3 Å². The minimum absolute atomic E-state index is 0.126. The lowest BCUT2D eigenvalue weighted by Gasteiger charge is -2.19. The summed E-state index contributed by atoms with van der Waals surface area (Å²) in [4.78, 5) is 0. The van der Waals surface area contributed by atoms with Crippen LogP contribution in [-0.2, 0) is 0 Å². The van der Waals surface area contributed by atoms with E-state index < -0.39 is 17.7 Å². The van der Waals surface area contributed by atoms with E-state index in [0.717, 1.165) is 25.5 Å². The SMILES string of the molecule is Cc1cc(C(O)C2CCCN2)c(F)cc1F. The van der Waals surface area contributed by atoms with Crippen molar-refractivity contribution < 1.29 is 13.9 Å². The molecule has 2 nitrogen and oxygen atoms in total. The van der Waals surface area contributed by atoms with Gasteiger partial charge in [0.2, 0.25) is 0 Å². The lowest BCUT2D eigenvalue weighted by Crippen LogP contribution is -2.29. The highest BCUT2D eigenvalue weighted by Gasteiger charge is 2.26. The molecule has 2 unspecified atom stereocenters. The Hall–Kier alpha value is -1.00. The molecular weight excluding hydrogens is 212 g/mol. The van der Waals surface area contributed by atoms with E-state index in [9.17, 15) is 13.9 Å². The first kappa shape index (κ1) is 11.5. The van der Waals surface area contributed by atoms with Crippen LogP contribution in [0.1, 0.15) is 30.1 Å². The number of rotatable bonds is 2. The lowest BCUT2D eigenvalue weighted by atomic mass is 9.98. The van der Waals surface area contributed by atoms with Gasteiger partial charge >= 0.3 is 0 Å². The van der Waals surface area contributed by atoms with Crippen molar-refractivity contribution >= 4 is 0 Å². The van der Waals surface area contributed by atoms with Gasteiger partial charge in [-0.05, 0) is 37.9 Å². The molecule has 2 N–H and O–H groups in total. The largest absolute Gasteiger partial charge is 0.387 e. The Kier molecular flexibility index (Phi) is 3.21. The topological polar surface area (TPSA) is 32.3 Å². The lowest BCUT2D eigenvalue weighted by molar-refractivity contribution is 0.133. The van der Waals surface area contributed by atoms with Gasteiger partial charge < -0.3 is 10.4 Å². The molecule has 0 amide bonds. The van der Waals surface area contributed by atoms with E-state index in [4.69, 9.17) is 0 Å². The second-order valence-corrected chi connectivity index (χ2v) is 4.27. The summed E-state index contributed by atoms with van der Waals surface area (Å²) in [6, 6.07) is 2.09. The highest BCUT2D eigenvalue weighted by molar-refractivity contribution is 5.28. The van der Waals surface area contributed by atoms with Crippen molar-refractivity contribution in [3.63, 3.8) is 0 Å². The summed E-state index contributed by atoms with van der Waals surface area (Å²) in [5.74, 6) is -1.25. The zero-order chi connectivity index (χ0) is 11.7. The first-order valence-corrected chi connectivity index (χ1v) is 5.46. The fraction of sp³-hybridized carbons (Fsp3) is 0.500. The molecule has 0 bridgehead atoms. The minimum atomic E-state index is -0.901. The molecule has 1 aliphatic rings. The summed E-state index contributed by atoms with van der Waals surface area (Å²) in [6.45, 7) is 2.40. The predicted molar refractivity (Wildman–Crippen MR) is 57.1 cm³/mol. The number of halogens is 2. The Morgan fingerprint density at radius 3 is 2.75 bits per heavy atom. The highest BCUT2D eigenvalue weighted by Crippen LogP contribution is 2.26. The Bertz CT molecular complexity index is 389. The Morgan fingerprint density at radius 2 is 2.12 bits per heavy atom. The van der Waals surface area contributed by atoms with E-state index in [1.807, 2.05) is 0 Å². The molecule has 0 aliphatic carbocycles. The van der Waals surface area contributed by atoms with E-state index >= 15 is 0 Å². The molecule has 1 fully saturated rings. The van der Waals surface area contributed by atoms with Crippen LogP contribution >= 0.6 is 0 Å². The van der Waals surface area contributed by atoms with Gasteiger partial charge in [-0.2, -0.15) is 0 Å². The van der Waals surface area contributed by atoms with Crippen molar-refractivity contribution in [2.75, 3.05) is 6.54 Å². The number of hydrogen-bond donors (Lipinski definition) is 2. The van der Waals surface area contributed by atoms with Gasteiger partial charge in [0.25, 0.3) is 0 Å². The van der Waals surface area contributed by atoms with Crippen LogP contribution in [0.4, 0.5) is 8.78 Å². The fourth-order valence-electron chi connectivity index (χ4n) is 2.10. The molecule has 88 valence electrons. The van der Waals surface area contributed by atoms with E-state index in [1.54, 1.807) is 6.92 Å². The third-order valence-corrected chi connectivity index (χ3v) is 3.08. The molecule has 2 atom stereocenters. The van der Waals surface area contributed by atoms with Gasteiger partial charge in [-0.1, -0.05) is 0 Å². The van der Waals surface area contributed by atoms with Crippen LogP contribution in [0.15, 0.2) is 12.1 Å². The summed E-state index contributed by atoms with van der Waals surface area (Å²) in [5, 5.41) is 13.1. The average molecular weight is 227 g/mol. The first-order chi connectivity index (χ1) is 7.59. The quantitative estimate of drug-likeness (QED) is 0.810. The molecule has 16 heavy (non-hydrogen) atoms. The normalized spacial score (nSPS) is 22.4. The highest BCUT2D eigenvalue weighted by atomic mass is 19.1. The van der Waals surface area contributed by atoms with Crippen LogP contribution < -0.4 is 5.32 Å². The number of aryl methyl sites for hydroxylation is 1. The first-order valence-electron chi connectivity index (χ1n) is 5.46. The van der Waals surface area contributed by atoms with Crippen LogP contribution in [-0.4, -0.2) is 17.7 Å². The minimum Gasteiger partial charge on any atom is -0.387 e. The van der Waals surface area contributed by atoms with E-state index in [1.165, 1.54) is 6.07 Å². The van der Waals surface area contributed by atoms with Gasteiger partial charge in [0, 0.05) is 17.7 Å². The molecule has 1 heterocycles. The average Bonchev–Trinajstić information content (AvgIpc) is 2.75. The van der Waals surface area contributed by atoms with Crippen LogP contribution in [0.25, 0.3) is 0 Å². The standard InChI is InChI=1S/C12H15F2NO/c1-7-5-8(10(14)6-9(7)13)12(16)11-3-2-4-15-11/h5-6,11-12,15-16H,2-4H2,1H3. The monoisotopic (exact) mass is 227 g/mol. The maximum Gasteiger partial charge on any atom is 0.131 e. The zero-order valence-corrected chi connectivity index (χ0v) is 9.13. The molecule has 0 spiro atoms. The molecule has 1 saturated heterocycles. The number of hydrogen-bond acceptors (Lipinski definition) is 2. The van der Waals surface area contributed by atoms with Crippen LogP contribution in [0, 0.1) is 18.6 Å². The summed E-state index contributed by atoms with van der Waals surface area (Å²) in [5.41, 5.74) is 0.534. The maximum atomic E-state index is 13.5. The van der Waals surface area contributed by atoms with Crippen molar-refractivity contribution in [2.24, 2.45) is 0 Å². The van der Waals surface area contributed by atoms with Crippen molar-refractivity contribution in [2.45, 2.75) is 31.9 Å². The van der Waals surface area contributed by atoms with Gasteiger partial charge in [0.15, 0.2) is 0 Å². The molecule has 1 aromatic rings. The molecule has 1 aromatic carbocycles. The zero-order valence-electron chi connectivity index (χ0n) is 9.13. The maximum absolute atomic E-state index is 13.5. The second-order valence-electron chi connectivity index (χ2n) is 4.27. The summed E-state index contributed by atoms with van der Waals surface area (Å²) < 4.78 is 26.6. The van der Waals surface area contributed by atoms with Crippen LogP contribution in [0.2, 0.25) is 0 Å². The second kappa shape index (κ2) is 4.47. The third kappa shape index (κ3) is 2.08. The van der Waals surface area contributed by atoms with Gasteiger partial charge in [-0.25, -0.2) is 8.78 Å². The molecule has 0 saturated carbocycles. The number of nitrogens with one attached hydrogen (secondary N) is 1. The molecule has 0 radical (unpaired) electrons. The van der Waals surface area contributed by atoms with Crippen molar-refractivity contribution in [1.29, 1.82) is 0 Å². The predicted octanol–water partition coefficient (Wildman–Crippen LogP) is 2.06. The van der Waals surface area contributed by atoms with E-state index in [2.05, 4.69) is 5.32 Å². The summed E-state index contributed by atoms with van der Waals surface area (Å²) >= 11 is 0. The fourth-order valence-corrected chi connectivity index (χ4v) is 2.10. The molecule has 1 aliphatic heterocycles. The van der Waals surface area contributed by atoms with Crippen LogP contribution in [0.3, 0.4) is 0 Å². The smallest absolute Gasteiger partial charge is 0.131 e. The van der Waals surface area contributed by atoms with Gasteiger partial charge in [-0.3, -0.25) is 0 Å². The third-order valence-electron chi connectivity index (χ3n) is 3.08. The van der Waals surface area contributed by atoms with Gasteiger partial charge in [0.05, 0.1) is 6.10 Å². The van der Waals surface area contributed by atoms with Crippen molar-refractivity contribution in [1.82, 2.24) is 5.32 Å². The number of aliphatic hydroxyl groups excluding tert-OH is 1. The summed E-state index contributed by atoms with van der Waals surface area (Å²) in [7, 11) is 0. The van der Waals surface area contributed by atoms with Crippen molar-refractivity contribution in [3.05, 3.63) is 34.9 Å². The van der Waals surface area contributed by atoms with E-state index in [-0.39, 0.29) is 11.6 Å².